The summed E-state index contributed by atoms with van der Waals surface area (Å²) >= 11 is 6.30. The molecule has 1 saturated heterocycles. The number of hydrazine groups is 1. The summed E-state index contributed by atoms with van der Waals surface area (Å²) in [6.45, 7) is 2.09. The Morgan fingerprint density at radius 1 is 1.36 bits per heavy atom. The van der Waals surface area contributed by atoms with Gasteiger partial charge in [0.15, 0.2) is 3.95 Å². The van der Waals surface area contributed by atoms with E-state index in [2.05, 4.69) is 20.4 Å². The van der Waals surface area contributed by atoms with E-state index in [4.69, 9.17) is 18.0 Å². The average molecular weight is 229 g/mol. The van der Waals surface area contributed by atoms with Gasteiger partial charge < -0.3 is 5.73 Å². The molecule has 0 bridgehead atoms. The van der Waals surface area contributed by atoms with Crippen LogP contribution in [0.4, 0.5) is 11.1 Å². The van der Waals surface area contributed by atoms with Crippen molar-refractivity contribution in [2.24, 2.45) is 0 Å². The summed E-state index contributed by atoms with van der Waals surface area (Å²) in [7, 11) is 0. The number of nitrogens with zero attached hydrogens (tertiary/aromatic N) is 3. The van der Waals surface area contributed by atoms with Crippen LogP contribution in [0.25, 0.3) is 0 Å². The van der Waals surface area contributed by atoms with Gasteiger partial charge in [0.25, 0.3) is 0 Å². The van der Waals surface area contributed by atoms with E-state index < -0.39 is 0 Å². The molecular weight excluding hydrogens is 218 g/mol. The third kappa shape index (κ3) is 2.37. The predicted molar refractivity (Wildman–Crippen MR) is 59.6 cm³/mol. The molecule has 1 aliphatic heterocycles. The quantitative estimate of drug-likeness (QED) is 0.745. The van der Waals surface area contributed by atoms with E-state index in [0.29, 0.717) is 3.95 Å². The highest BCUT2D eigenvalue weighted by molar-refractivity contribution is 7.73. The minimum atomic E-state index is 0.232. The molecule has 0 atom stereocenters. The van der Waals surface area contributed by atoms with Gasteiger partial charge in [-0.2, -0.15) is 9.97 Å². The van der Waals surface area contributed by atoms with Crippen molar-refractivity contribution >= 4 is 34.6 Å². The Morgan fingerprint density at radius 3 is 2.71 bits per heavy atom. The van der Waals surface area contributed by atoms with Gasteiger partial charge in [-0.25, -0.2) is 5.01 Å². The summed E-state index contributed by atoms with van der Waals surface area (Å²) in [6.07, 6.45) is 2.44. The van der Waals surface area contributed by atoms with Crippen molar-refractivity contribution in [2.75, 3.05) is 24.2 Å². The SMILES string of the molecule is Nc1nc(NN2CCCC2)sc(=S)n1. The first-order valence-electron chi connectivity index (χ1n) is 4.40. The highest BCUT2D eigenvalue weighted by Gasteiger charge is 2.12. The Kier molecular flexibility index (Phi) is 2.90. The Morgan fingerprint density at radius 2 is 2.07 bits per heavy atom. The van der Waals surface area contributed by atoms with Crippen LogP contribution in [0.1, 0.15) is 12.8 Å². The lowest BCUT2D eigenvalue weighted by Crippen LogP contribution is -2.26. The van der Waals surface area contributed by atoms with Crippen molar-refractivity contribution in [1.29, 1.82) is 0 Å². The average Bonchev–Trinajstić information content (AvgIpc) is 2.54. The smallest absolute Gasteiger partial charge is 0.224 e. The first-order valence-corrected chi connectivity index (χ1v) is 5.63. The second-order valence-corrected chi connectivity index (χ2v) is 4.68. The number of anilines is 2. The second kappa shape index (κ2) is 4.16. The van der Waals surface area contributed by atoms with Crippen LogP contribution in [0, 0.1) is 3.95 Å². The van der Waals surface area contributed by atoms with E-state index in [9.17, 15) is 0 Å². The van der Waals surface area contributed by atoms with Gasteiger partial charge in [-0.15, -0.1) is 0 Å². The number of nitrogen functional groups attached to an aromatic ring is 1. The zero-order valence-electron chi connectivity index (χ0n) is 7.56. The summed E-state index contributed by atoms with van der Waals surface area (Å²) in [5.41, 5.74) is 8.67. The molecule has 1 aromatic heterocycles. The molecule has 0 aromatic carbocycles. The Balaban J connectivity index is 2.11. The van der Waals surface area contributed by atoms with Crippen LogP contribution in [0.2, 0.25) is 0 Å². The fourth-order valence-electron chi connectivity index (χ4n) is 1.36. The Labute approximate surface area is 91.0 Å². The molecule has 0 aliphatic carbocycles. The normalized spacial score (nSPS) is 17.1. The van der Waals surface area contributed by atoms with Crippen LogP contribution in [0.3, 0.4) is 0 Å². The molecule has 0 spiro atoms. The molecule has 5 nitrogen and oxygen atoms in total. The molecule has 7 heteroatoms. The standard InChI is InChI=1S/C7H11N5S2/c8-5-9-6(14-7(13)10-5)11-12-3-1-2-4-12/h1-4H2,(H3,8,9,10,11,13). The zero-order valence-corrected chi connectivity index (χ0v) is 9.20. The third-order valence-electron chi connectivity index (χ3n) is 1.97. The molecule has 0 radical (unpaired) electrons. The Hall–Kier alpha value is -0.790. The molecule has 76 valence electrons. The molecule has 1 aromatic rings. The highest BCUT2D eigenvalue weighted by atomic mass is 32.1. The van der Waals surface area contributed by atoms with Gasteiger partial charge in [0.2, 0.25) is 11.1 Å². The monoisotopic (exact) mass is 229 g/mol. The van der Waals surface area contributed by atoms with Crippen molar-refractivity contribution in [3.05, 3.63) is 3.95 Å². The Bertz CT molecular complexity index is 371. The summed E-state index contributed by atoms with van der Waals surface area (Å²) in [5, 5.41) is 2.84. The van der Waals surface area contributed by atoms with Crippen LogP contribution in [-0.2, 0) is 0 Å². The van der Waals surface area contributed by atoms with Crippen LogP contribution in [0.15, 0.2) is 0 Å². The minimum Gasteiger partial charge on any atom is -0.368 e. The predicted octanol–water partition coefficient (Wildman–Crippen LogP) is 1.27. The maximum atomic E-state index is 5.49. The first-order chi connectivity index (χ1) is 6.74. The van der Waals surface area contributed by atoms with Crippen molar-refractivity contribution in [2.45, 2.75) is 12.8 Å². The lowest BCUT2D eigenvalue weighted by molar-refractivity contribution is 0.410. The second-order valence-electron chi connectivity index (χ2n) is 3.06. The van der Waals surface area contributed by atoms with Crippen LogP contribution >= 0.6 is 23.6 Å². The summed E-state index contributed by atoms with van der Waals surface area (Å²) in [4.78, 5) is 7.91. The van der Waals surface area contributed by atoms with Crippen LogP contribution < -0.4 is 11.2 Å². The van der Waals surface area contributed by atoms with Gasteiger partial charge in [-0.3, -0.25) is 5.43 Å². The molecule has 0 unspecified atom stereocenters. The fraction of sp³-hybridized carbons (Fsp3) is 0.571. The number of hydrogen-bond donors (Lipinski definition) is 2. The first kappa shape index (κ1) is 9.75. The van der Waals surface area contributed by atoms with E-state index in [1.54, 1.807) is 0 Å². The number of rotatable bonds is 2. The summed E-state index contributed by atoms with van der Waals surface area (Å²) < 4.78 is 0.513. The summed E-state index contributed by atoms with van der Waals surface area (Å²) in [5.74, 6) is 0.232. The maximum absolute atomic E-state index is 5.49. The fourth-order valence-corrected chi connectivity index (χ4v) is 2.31. The highest BCUT2D eigenvalue weighted by Crippen LogP contribution is 2.16. The zero-order chi connectivity index (χ0) is 9.97. The van der Waals surface area contributed by atoms with Gasteiger partial charge in [0.1, 0.15) is 0 Å². The molecule has 1 aliphatic rings. The molecule has 3 N–H and O–H groups in total. The topological polar surface area (TPSA) is 67.1 Å². The molecule has 14 heavy (non-hydrogen) atoms. The number of aromatic nitrogens is 2. The molecule has 1 fully saturated rings. The van der Waals surface area contributed by atoms with Gasteiger partial charge in [0.05, 0.1) is 0 Å². The summed E-state index contributed by atoms with van der Waals surface area (Å²) in [6, 6.07) is 0. The minimum absolute atomic E-state index is 0.232. The number of nitrogens with two attached hydrogens (primary N) is 1. The van der Waals surface area contributed by atoms with Gasteiger partial charge in [0, 0.05) is 13.1 Å². The number of nitrogens with one attached hydrogen (secondary N) is 1. The van der Waals surface area contributed by atoms with Crippen molar-refractivity contribution in [3.8, 4) is 0 Å². The van der Waals surface area contributed by atoms with Gasteiger partial charge in [-0.05, 0) is 25.1 Å². The maximum Gasteiger partial charge on any atom is 0.224 e. The van der Waals surface area contributed by atoms with E-state index in [0.717, 1.165) is 18.2 Å². The van der Waals surface area contributed by atoms with E-state index in [-0.39, 0.29) is 5.95 Å². The van der Waals surface area contributed by atoms with Crippen molar-refractivity contribution in [1.82, 2.24) is 15.0 Å². The number of hydrogen-bond acceptors (Lipinski definition) is 7. The molecule has 2 rings (SSSR count). The molecule has 0 amide bonds. The van der Waals surface area contributed by atoms with Crippen molar-refractivity contribution in [3.63, 3.8) is 0 Å². The van der Waals surface area contributed by atoms with E-state index >= 15 is 0 Å². The molecule has 0 saturated carbocycles. The van der Waals surface area contributed by atoms with Crippen LogP contribution in [-0.4, -0.2) is 28.1 Å². The largest absolute Gasteiger partial charge is 0.368 e. The van der Waals surface area contributed by atoms with Crippen LogP contribution in [0.5, 0.6) is 0 Å². The van der Waals surface area contributed by atoms with E-state index in [1.807, 2.05) is 0 Å². The lowest BCUT2D eigenvalue weighted by atomic mass is 10.4. The molecule has 2 heterocycles. The van der Waals surface area contributed by atoms with Gasteiger partial charge in [-0.1, -0.05) is 11.3 Å². The molecular formula is C7H11N5S2. The van der Waals surface area contributed by atoms with E-state index in [1.165, 1.54) is 24.2 Å². The van der Waals surface area contributed by atoms with Crippen molar-refractivity contribution < 1.29 is 0 Å². The lowest BCUT2D eigenvalue weighted by Gasteiger charge is -2.15. The van der Waals surface area contributed by atoms with Gasteiger partial charge >= 0.3 is 0 Å². The third-order valence-corrected chi connectivity index (χ3v) is 2.95.